The lowest BCUT2D eigenvalue weighted by atomic mass is 10.1. The quantitative estimate of drug-likeness (QED) is 0.670. The van der Waals surface area contributed by atoms with E-state index in [9.17, 15) is 14.9 Å². The summed E-state index contributed by atoms with van der Waals surface area (Å²) in [6, 6.07) is 6.55. The van der Waals surface area contributed by atoms with Gasteiger partial charge < -0.3 is 5.32 Å². The molecule has 1 atom stereocenters. The summed E-state index contributed by atoms with van der Waals surface area (Å²) in [6.45, 7) is 0. The minimum Gasteiger partial charge on any atom is -0.350 e. The molecule has 0 aliphatic carbocycles. The number of carbonyl (C=O) groups is 1. The van der Waals surface area contributed by atoms with Crippen molar-refractivity contribution in [1.29, 1.82) is 0 Å². The number of rotatable bonds is 3. The van der Waals surface area contributed by atoms with E-state index in [0.29, 0.717) is 12.0 Å². The van der Waals surface area contributed by atoms with E-state index < -0.39 is 4.92 Å². The molecule has 1 amide bonds. The minimum absolute atomic E-state index is 0.0326. The van der Waals surface area contributed by atoms with Crippen LogP contribution >= 0.6 is 0 Å². The normalized spacial score (nSPS) is 20.0. The molecule has 0 spiro atoms. The Labute approximate surface area is 111 Å². The average molecular weight is 260 g/mol. The van der Waals surface area contributed by atoms with E-state index in [1.165, 1.54) is 6.07 Å². The third kappa shape index (κ3) is 3.64. The number of hydrogen-bond acceptors (Lipinski definition) is 3. The van der Waals surface area contributed by atoms with Gasteiger partial charge in [-0.25, -0.2) is 0 Å². The zero-order chi connectivity index (χ0) is 13.7. The maximum atomic E-state index is 11.4. The van der Waals surface area contributed by atoms with Crippen molar-refractivity contribution in [2.24, 2.45) is 0 Å². The van der Waals surface area contributed by atoms with Crippen LogP contribution in [0.2, 0.25) is 0 Å². The summed E-state index contributed by atoms with van der Waals surface area (Å²) in [5.74, 6) is 0.0507. The summed E-state index contributed by atoms with van der Waals surface area (Å²) in [5, 5.41) is 13.8. The molecular weight excluding hydrogens is 244 g/mol. The molecule has 1 heterocycles. The Bertz CT molecular complexity index is 511. The van der Waals surface area contributed by atoms with Crippen LogP contribution in [0, 0.1) is 10.1 Å². The number of carbonyl (C=O) groups excluding carboxylic acids is 1. The molecule has 0 radical (unpaired) electrons. The summed E-state index contributed by atoms with van der Waals surface area (Å²) in [4.78, 5) is 21.9. The molecule has 0 bridgehead atoms. The topological polar surface area (TPSA) is 72.2 Å². The highest BCUT2D eigenvalue weighted by atomic mass is 16.6. The SMILES string of the molecule is O=C1CCCCC(/C=C/c2ccccc2[N+](=O)[O-])N1. The number of benzene rings is 1. The molecule has 1 aromatic carbocycles. The standard InChI is InChI=1S/C14H16N2O3/c17-14-8-4-2-6-12(15-14)10-9-11-5-1-3-7-13(11)16(18)19/h1,3,5,7,9-10,12H,2,4,6,8H2,(H,15,17)/b10-9+. The zero-order valence-electron chi connectivity index (χ0n) is 10.5. The van der Waals surface area contributed by atoms with Crippen LogP contribution in [-0.4, -0.2) is 16.9 Å². The lowest BCUT2D eigenvalue weighted by Crippen LogP contribution is -2.30. The van der Waals surface area contributed by atoms with Crippen molar-refractivity contribution in [3.05, 3.63) is 46.0 Å². The molecule has 1 saturated heterocycles. The van der Waals surface area contributed by atoms with E-state index in [0.717, 1.165) is 19.3 Å². The molecule has 1 aromatic rings. The Morgan fingerprint density at radius 2 is 2.11 bits per heavy atom. The van der Waals surface area contributed by atoms with Crippen molar-refractivity contribution < 1.29 is 9.72 Å². The fourth-order valence-electron chi connectivity index (χ4n) is 2.16. The van der Waals surface area contributed by atoms with Crippen LogP contribution in [-0.2, 0) is 4.79 Å². The summed E-state index contributed by atoms with van der Waals surface area (Å²) in [7, 11) is 0. The summed E-state index contributed by atoms with van der Waals surface area (Å²) >= 11 is 0. The third-order valence-corrected chi connectivity index (χ3v) is 3.16. The van der Waals surface area contributed by atoms with E-state index in [4.69, 9.17) is 0 Å². The van der Waals surface area contributed by atoms with Crippen LogP contribution in [0.1, 0.15) is 31.2 Å². The number of nitro benzene ring substituents is 1. The van der Waals surface area contributed by atoms with Crippen molar-refractivity contribution >= 4 is 17.7 Å². The number of hydrogen-bond donors (Lipinski definition) is 1. The van der Waals surface area contributed by atoms with E-state index in [-0.39, 0.29) is 17.6 Å². The largest absolute Gasteiger partial charge is 0.350 e. The van der Waals surface area contributed by atoms with Crippen LogP contribution in [0.5, 0.6) is 0 Å². The second kappa shape index (κ2) is 6.13. The van der Waals surface area contributed by atoms with Gasteiger partial charge in [-0.3, -0.25) is 14.9 Å². The smallest absolute Gasteiger partial charge is 0.276 e. The van der Waals surface area contributed by atoms with Crippen molar-refractivity contribution in [3.8, 4) is 0 Å². The number of nitrogens with one attached hydrogen (secondary N) is 1. The molecule has 19 heavy (non-hydrogen) atoms. The molecule has 2 rings (SSSR count). The van der Waals surface area contributed by atoms with Crippen LogP contribution < -0.4 is 5.32 Å². The fourth-order valence-corrected chi connectivity index (χ4v) is 2.16. The Morgan fingerprint density at radius 1 is 1.32 bits per heavy atom. The molecule has 100 valence electrons. The molecule has 0 saturated carbocycles. The van der Waals surface area contributed by atoms with Crippen LogP contribution in [0.25, 0.3) is 6.08 Å². The third-order valence-electron chi connectivity index (χ3n) is 3.16. The second-order valence-electron chi connectivity index (χ2n) is 4.59. The minimum atomic E-state index is -0.397. The monoisotopic (exact) mass is 260 g/mol. The highest BCUT2D eigenvalue weighted by Crippen LogP contribution is 2.20. The number of nitrogens with zero attached hydrogens (tertiary/aromatic N) is 1. The predicted octanol–water partition coefficient (Wildman–Crippen LogP) is 2.67. The molecule has 1 aliphatic rings. The van der Waals surface area contributed by atoms with Gasteiger partial charge in [0.15, 0.2) is 0 Å². The second-order valence-corrected chi connectivity index (χ2v) is 4.59. The van der Waals surface area contributed by atoms with E-state index >= 15 is 0 Å². The van der Waals surface area contributed by atoms with Crippen molar-refractivity contribution in [1.82, 2.24) is 5.32 Å². The first-order chi connectivity index (χ1) is 9.16. The van der Waals surface area contributed by atoms with Gasteiger partial charge in [-0.05, 0) is 18.9 Å². The highest BCUT2D eigenvalue weighted by molar-refractivity contribution is 5.77. The number of nitro groups is 1. The van der Waals surface area contributed by atoms with Crippen LogP contribution in [0.15, 0.2) is 30.3 Å². The molecule has 1 unspecified atom stereocenters. The van der Waals surface area contributed by atoms with Crippen molar-refractivity contribution in [2.75, 3.05) is 0 Å². The van der Waals surface area contributed by atoms with Crippen LogP contribution in [0.4, 0.5) is 5.69 Å². The predicted molar refractivity (Wildman–Crippen MR) is 72.5 cm³/mol. The van der Waals surface area contributed by atoms with Gasteiger partial charge in [0.25, 0.3) is 5.69 Å². The summed E-state index contributed by atoms with van der Waals surface area (Å²) < 4.78 is 0. The Morgan fingerprint density at radius 3 is 2.89 bits per heavy atom. The lowest BCUT2D eigenvalue weighted by Gasteiger charge is -2.10. The maximum absolute atomic E-state index is 11.4. The molecule has 1 N–H and O–H groups in total. The van der Waals surface area contributed by atoms with Gasteiger partial charge in [0, 0.05) is 18.5 Å². The van der Waals surface area contributed by atoms with Gasteiger partial charge in [-0.1, -0.05) is 30.7 Å². The fraction of sp³-hybridized carbons (Fsp3) is 0.357. The summed E-state index contributed by atoms with van der Waals surface area (Å²) in [6.07, 6.45) is 6.89. The van der Waals surface area contributed by atoms with Gasteiger partial charge in [-0.2, -0.15) is 0 Å². The Hall–Kier alpha value is -2.17. The summed E-state index contributed by atoms with van der Waals surface area (Å²) in [5.41, 5.74) is 0.643. The first-order valence-corrected chi connectivity index (χ1v) is 6.38. The van der Waals surface area contributed by atoms with Gasteiger partial charge in [0.05, 0.1) is 10.5 Å². The van der Waals surface area contributed by atoms with Gasteiger partial charge in [0.1, 0.15) is 0 Å². The Kier molecular flexibility index (Phi) is 4.28. The van der Waals surface area contributed by atoms with Crippen LogP contribution in [0.3, 0.4) is 0 Å². The molecular formula is C14H16N2O3. The Balaban J connectivity index is 2.13. The molecule has 5 nitrogen and oxygen atoms in total. The average Bonchev–Trinajstić information content (AvgIpc) is 2.61. The zero-order valence-corrected chi connectivity index (χ0v) is 10.5. The maximum Gasteiger partial charge on any atom is 0.276 e. The molecule has 1 aliphatic heterocycles. The van der Waals surface area contributed by atoms with Gasteiger partial charge >= 0.3 is 0 Å². The highest BCUT2D eigenvalue weighted by Gasteiger charge is 2.14. The first-order valence-electron chi connectivity index (χ1n) is 6.38. The van der Waals surface area contributed by atoms with Crippen molar-refractivity contribution in [2.45, 2.75) is 31.7 Å². The molecule has 1 fully saturated rings. The van der Waals surface area contributed by atoms with Crippen molar-refractivity contribution in [3.63, 3.8) is 0 Å². The van der Waals surface area contributed by atoms with Gasteiger partial charge in [-0.15, -0.1) is 0 Å². The molecule has 5 heteroatoms. The van der Waals surface area contributed by atoms with E-state index in [1.54, 1.807) is 24.3 Å². The number of para-hydroxylation sites is 1. The number of amides is 1. The van der Waals surface area contributed by atoms with Gasteiger partial charge in [0.2, 0.25) is 5.91 Å². The molecule has 0 aromatic heterocycles. The van der Waals surface area contributed by atoms with E-state index in [2.05, 4.69) is 5.32 Å². The first kappa shape index (κ1) is 13.3. The lowest BCUT2D eigenvalue weighted by molar-refractivity contribution is -0.385. The van der Waals surface area contributed by atoms with E-state index in [1.807, 2.05) is 6.08 Å².